The third kappa shape index (κ3) is 2.67. The molecular weight excluding hydrogens is 316 g/mol. The van der Waals surface area contributed by atoms with Crippen LogP contribution in [-0.2, 0) is 14.4 Å². The van der Waals surface area contributed by atoms with Crippen LogP contribution in [0.5, 0.6) is 0 Å². The zero-order valence-electron chi connectivity index (χ0n) is 12.4. The van der Waals surface area contributed by atoms with Gasteiger partial charge in [0.1, 0.15) is 11.6 Å². The van der Waals surface area contributed by atoms with Gasteiger partial charge in [-0.05, 0) is 25.7 Å². The third-order valence-corrected chi connectivity index (χ3v) is 5.52. The molecule has 23 heavy (non-hydrogen) atoms. The molecule has 0 aromatic carbocycles. The smallest absolute Gasteiger partial charge is 0.246 e. The van der Waals surface area contributed by atoms with Crippen LogP contribution in [0, 0.1) is 11.8 Å². The molecule has 0 radical (unpaired) electrons. The molecule has 0 spiro atoms. The van der Waals surface area contributed by atoms with E-state index >= 15 is 0 Å². The highest BCUT2D eigenvalue weighted by atomic mass is 32.1. The van der Waals surface area contributed by atoms with E-state index in [0.717, 1.165) is 22.7 Å². The number of amides is 3. The zero-order valence-corrected chi connectivity index (χ0v) is 13.2. The maximum atomic E-state index is 12.3. The van der Waals surface area contributed by atoms with E-state index in [2.05, 4.69) is 15.5 Å². The summed E-state index contributed by atoms with van der Waals surface area (Å²) >= 11 is 1.36. The molecule has 4 rings (SSSR count). The van der Waals surface area contributed by atoms with Gasteiger partial charge in [0.15, 0.2) is 0 Å². The molecule has 2 fully saturated rings. The summed E-state index contributed by atoms with van der Waals surface area (Å²) in [4.78, 5) is 37.8. The molecule has 0 bridgehead atoms. The minimum Gasteiger partial charge on any atom is -0.299 e. The SMILES string of the molecule is O=C(CN1C(=O)[C@H]2CC=CC[C@@H]2C1=O)Nc1nnc(C2CC2)s1. The van der Waals surface area contributed by atoms with Gasteiger partial charge < -0.3 is 0 Å². The zero-order chi connectivity index (χ0) is 16.0. The van der Waals surface area contributed by atoms with Gasteiger partial charge in [-0.3, -0.25) is 24.6 Å². The van der Waals surface area contributed by atoms with Crippen LogP contribution >= 0.6 is 11.3 Å². The Bertz CT molecular complexity index is 683. The third-order valence-electron chi connectivity index (χ3n) is 4.51. The van der Waals surface area contributed by atoms with Crippen molar-refractivity contribution in [3.8, 4) is 0 Å². The lowest BCUT2D eigenvalue weighted by Crippen LogP contribution is -2.38. The van der Waals surface area contributed by atoms with Gasteiger partial charge in [0.25, 0.3) is 0 Å². The van der Waals surface area contributed by atoms with Crippen LogP contribution < -0.4 is 5.32 Å². The van der Waals surface area contributed by atoms with Crippen LogP contribution in [0.15, 0.2) is 12.2 Å². The molecular formula is C15H16N4O3S. The van der Waals surface area contributed by atoms with Crippen molar-refractivity contribution >= 4 is 34.2 Å². The van der Waals surface area contributed by atoms with Crippen molar-refractivity contribution in [2.45, 2.75) is 31.6 Å². The maximum Gasteiger partial charge on any atom is 0.246 e. The van der Waals surface area contributed by atoms with Crippen molar-refractivity contribution in [3.05, 3.63) is 17.2 Å². The highest BCUT2D eigenvalue weighted by molar-refractivity contribution is 7.15. The fourth-order valence-electron chi connectivity index (χ4n) is 3.11. The van der Waals surface area contributed by atoms with Crippen LogP contribution in [0.25, 0.3) is 0 Å². The van der Waals surface area contributed by atoms with E-state index < -0.39 is 5.91 Å². The maximum absolute atomic E-state index is 12.3. The van der Waals surface area contributed by atoms with Gasteiger partial charge in [0, 0.05) is 5.92 Å². The summed E-state index contributed by atoms with van der Waals surface area (Å²) in [7, 11) is 0. The molecule has 1 saturated carbocycles. The van der Waals surface area contributed by atoms with Crippen molar-refractivity contribution < 1.29 is 14.4 Å². The average Bonchev–Trinajstić information content (AvgIpc) is 3.26. The number of aromatic nitrogens is 2. The molecule has 1 N–H and O–H groups in total. The number of fused-ring (bicyclic) bond motifs is 1. The number of rotatable bonds is 4. The second kappa shape index (κ2) is 5.52. The first-order chi connectivity index (χ1) is 11.1. The summed E-state index contributed by atoms with van der Waals surface area (Å²) in [5, 5.41) is 12.0. The van der Waals surface area contributed by atoms with E-state index in [-0.39, 0.29) is 30.2 Å². The van der Waals surface area contributed by atoms with Crippen molar-refractivity contribution in [3.63, 3.8) is 0 Å². The van der Waals surface area contributed by atoms with E-state index in [9.17, 15) is 14.4 Å². The second-order valence-electron chi connectivity index (χ2n) is 6.19. The number of nitrogens with zero attached hydrogens (tertiary/aromatic N) is 3. The molecule has 3 aliphatic rings. The molecule has 1 saturated heterocycles. The Kier molecular flexibility index (Phi) is 3.48. The lowest BCUT2D eigenvalue weighted by atomic mass is 9.85. The van der Waals surface area contributed by atoms with Crippen molar-refractivity contribution in [1.29, 1.82) is 0 Å². The number of anilines is 1. The van der Waals surface area contributed by atoms with Crippen LogP contribution in [0.4, 0.5) is 5.13 Å². The highest BCUT2D eigenvalue weighted by Crippen LogP contribution is 2.42. The lowest BCUT2D eigenvalue weighted by molar-refractivity contribution is -0.142. The van der Waals surface area contributed by atoms with E-state index in [1.165, 1.54) is 11.3 Å². The molecule has 2 aliphatic carbocycles. The van der Waals surface area contributed by atoms with Gasteiger partial charge in [0.2, 0.25) is 22.9 Å². The highest BCUT2D eigenvalue weighted by Gasteiger charge is 2.47. The number of imide groups is 1. The van der Waals surface area contributed by atoms with Crippen LogP contribution in [0.2, 0.25) is 0 Å². The van der Waals surface area contributed by atoms with Crippen molar-refractivity contribution in [2.24, 2.45) is 11.8 Å². The fraction of sp³-hybridized carbons (Fsp3) is 0.533. The molecule has 7 nitrogen and oxygen atoms in total. The molecule has 3 amide bonds. The second-order valence-corrected chi connectivity index (χ2v) is 7.20. The Morgan fingerprint density at radius 2 is 1.83 bits per heavy atom. The number of carbonyl (C=O) groups excluding carboxylic acids is 3. The topological polar surface area (TPSA) is 92.3 Å². The molecule has 1 aliphatic heterocycles. The number of hydrogen-bond donors (Lipinski definition) is 1. The fourth-order valence-corrected chi connectivity index (χ4v) is 4.04. The predicted molar refractivity (Wildman–Crippen MR) is 82.6 cm³/mol. The van der Waals surface area contributed by atoms with Gasteiger partial charge in [-0.25, -0.2) is 0 Å². The van der Waals surface area contributed by atoms with Crippen molar-refractivity contribution in [1.82, 2.24) is 15.1 Å². The number of hydrogen-bond acceptors (Lipinski definition) is 6. The summed E-state index contributed by atoms with van der Waals surface area (Å²) in [6.45, 7) is -0.247. The van der Waals surface area contributed by atoms with Gasteiger partial charge in [0.05, 0.1) is 11.8 Å². The first-order valence-electron chi connectivity index (χ1n) is 7.77. The van der Waals surface area contributed by atoms with Gasteiger partial charge >= 0.3 is 0 Å². The van der Waals surface area contributed by atoms with Gasteiger partial charge in [-0.1, -0.05) is 23.5 Å². The standard InChI is InChI=1S/C15H16N4O3S/c20-11(16-15-18-17-12(23-15)8-5-6-8)7-19-13(21)9-3-1-2-4-10(9)14(19)22/h1-2,8-10H,3-7H2,(H,16,18,20)/t9-,10-/m0/s1. The summed E-state index contributed by atoms with van der Waals surface area (Å²) in [6, 6.07) is 0. The molecule has 8 heteroatoms. The number of likely N-dealkylation sites (tertiary alicyclic amines) is 1. The van der Waals surface area contributed by atoms with E-state index in [1.54, 1.807) is 0 Å². The molecule has 1 aromatic heterocycles. The van der Waals surface area contributed by atoms with E-state index in [0.29, 0.717) is 23.9 Å². The Hall–Kier alpha value is -2.09. The molecule has 0 unspecified atom stereocenters. The average molecular weight is 332 g/mol. The minimum absolute atomic E-state index is 0.240. The minimum atomic E-state index is -0.406. The van der Waals surface area contributed by atoms with Crippen LogP contribution in [0.3, 0.4) is 0 Å². The monoisotopic (exact) mass is 332 g/mol. The molecule has 120 valence electrons. The molecule has 2 atom stereocenters. The number of allylic oxidation sites excluding steroid dienone is 2. The van der Waals surface area contributed by atoms with E-state index in [1.807, 2.05) is 12.2 Å². The molecule has 2 heterocycles. The summed E-state index contributed by atoms with van der Waals surface area (Å²) < 4.78 is 0. The molecule has 1 aromatic rings. The Morgan fingerprint density at radius 3 is 2.43 bits per heavy atom. The summed E-state index contributed by atoms with van der Waals surface area (Å²) in [5.41, 5.74) is 0. The van der Waals surface area contributed by atoms with Crippen LogP contribution in [-0.4, -0.2) is 39.4 Å². The van der Waals surface area contributed by atoms with E-state index in [4.69, 9.17) is 0 Å². The van der Waals surface area contributed by atoms with Crippen molar-refractivity contribution in [2.75, 3.05) is 11.9 Å². The quantitative estimate of drug-likeness (QED) is 0.663. The lowest BCUT2D eigenvalue weighted by Gasteiger charge is -2.14. The van der Waals surface area contributed by atoms with Gasteiger partial charge in [-0.2, -0.15) is 0 Å². The number of nitrogens with one attached hydrogen (secondary N) is 1. The predicted octanol–water partition coefficient (Wildman–Crippen LogP) is 1.31. The Morgan fingerprint density at radius 1 is 1.17 bits per heavy atom. The van der Waals surface area contributed by atoms with Gasteiger partial charge in [-0.15, -0.1) is 10.2 Å². The first-order valence-corrected chi connectivity index (χ1v) is 8.58. The Labute approximate surface area is 136 Å². The summed E-state index contributed by atoms with van der Waals surface area (Å²) in [6.07, 6.45) is 7.25. The first kappa shape index (κ1) is 14.5. The normalized spacial score (nSPS) is 26.5. The largest absolute Gasteiger partial charge is 0.299 e. The Balaban J connectivity index is 1.40. The summed E-state index contributed by atoms with van der Waals surface area (Å²) in [5.74, 6) is -1.01. The number of carbonyl (C=O) groups is 3. The van der Waals surface area contributed by atoms with Crippen LogP contribution in [0.1, 0.15) is 36.6 Å².